The summed E-state index contributed by atoms with van der Waals surface area (Å²) in [6.07, 6.45) is 3.07. The zero-order valence-electron chi connectivity index (χ0n) is 14.7. The Labute approximate surface area is 154 Å². The molecule has 0 spiro atoms. The van der Waals surface area contributed by atoms with E-state index in [1.54, 1.807) is 29.8 Å². The summed E-state index contributed by atoms with van der Waals surface area (Å²) in [7, 11) is 0. The minimum atomic E-state index is -0.475. The van der Waals surface area contributed by atoms with Crippen LogP contribution in [0.4, 0.5) is 5.69 Å². The third-order valence-electron chi connectivity index (χ3n) is 3.77. The van der Waals surface area contributed by atoms with Crippen LogP contribution in [0, 0.1) is 17.0 Å². The lowest BCUT2D eigenvalue weighted by molar-refractivity contribution is -0.384. The number of hydrogen-bond acceptors (Lipinski definition) is 6. The van der Waals surface area contributed by atoms with Gasteiger partial charge < -0.3 is 0 Å². The lowest BCUT2D eigenvalue weighted by Gasteiger charge is -2.02. The van der Waals surface area contributed by atoms with Crippen LogP contribution in [0.2, 0.25) is 0 Å². The topological polar surface area (TPSA) is 115 Å². The van der Waals surface area contributed by atoms with Crippen LogP contribution in [0.25, 0.3) is 5.82 Å². The summed E-state index contributed by atoms with van der Waals surface area (Å²) in [6, 6.07) is 11.5. The number of benzene rings is 1. The molecule has 2 heterocycles. The first-order valence-electron chi connectivity index (χ1n) is 8.01. The lowest BCUT2D eigenvalue weighted by Crippen LogP contribution is -2.19. The van der Waals surface area contributed by atoms with Crippen LogP contribution in [0.3, 0.4) is 0 Å². The number of pyridine rings is 1. The first-order valence-corrected chi connectivity index (χ1v) is 8.01. The number of carbonyl (C=O) groups excluding carboxylic acids is 1. The van der Waals surface area contributed by atoms with Gasteiger partial charge in [0.2, 0.25) is 0 Å². The van der Waals surface area contributed by atoms with Gasteiger partial charge in [0.1, 0.15) is 17.8 Å². The van der Waals surface area contributed by atoms with Crippen molar-refractivity contribution in [1.29, 1.82) is 0 Å². The summed E-state index contributed by atoms with van der Waals surface area (Å²) < 4.78 is 1.65. The number of aromatic nitrogens is 3. The van der Waals surface area contributed by atoms with E-state index in [0.717, 1.165) is 5.69 Å². The number of rotatable bonds is 5. The summed E-state index contributed by atoms with van der Waals surface area (Å²) in [4.78, 5) is 30.9. The number of imidazole rings is 1. The molecule has 0 atom stereocenters. The molecule has 0 aliphatic heterocycles. The van der Waals surface area contributed by atoms with E-state index in [9.17, 15) is 14.9 Å². The second-order valence-electron chi connectivity index (χ2n) is 5.75. The molecule has 1 aromatic carbocycles. The predicted octanol–water partition coefficient (Wildman–Crippen LogP) is 2.64. The molecule has 1 N–H and O–H groups in total. The van der Waals surface area contributed by atoms with Crippen molar-refractivity contribution in [2.24, 2.45) is 5.10 Å². The van der Waals surface area contributed by atoms with Gasteiger partial charge in [-0.25, -0.2) is 15.4 Å². The van der Waals surface area contributed by atoms with Gasteiger partial charge >= 0.3 is 0 Å². The molecule has 0 radical (unpaired) electrons. The molecule has 0 aliphatic rings. The fraction of sp³-hybridized carbons (Fsp3) is 0.111. The average molecular weight is 364 g/mol. The Hall–Kier alpha value is -3.88. The monoisotopic (exact) mass is 364 g/mol. The van der Waals surface area contributed by atoms with Crippen LogP contribution in [0.15, 0.2) is 60.1 Å². The summed E-state index contributed by atoms with van der Waals surface area (Å²) in [5.41, 5.74) is 4.65. The maximum atomic E-state index is 12.2. The largest absolute Gasteiger partial charge is 0.291 e. The van der Waals surface area contributed by atoms with Crippen LogP contribution in [0.1, 0.15) is 28.7 Å². The molecule has 3 rings (SSSR count). The molecule has 0 fully saturated rings. The molecule has 0 aliphatic carbocycles. The van der Waals surface area contributed by atoms with Crippen molar-refractivity contribution in [3.8, 4) is 5.82 Å². The summed E-state index contributed by atoms with van der Waals surface area (Å²) in [5.74, 6) is 0.190. The van der Waals surface area contributed by atoms with Crippen molar-refractivity contribution >= 4 is 17.3 Å². The van der Waals surface area contributed by atoms with Crippen LogP contribution >= 0.6 is 0 Å². The lowest BCUT2D eigenvalue weighted by atomic mass is 10.1. The Kier molecular flexibility index (Phi) is 5.02. The second-order valence-corrected chi connectivity index (χ2v) is 5.75. The molecule has 3 aromatic rings. The van der Waals surface area contributed by atoms with Crippen molar-refractivity contribution in [1.82, 2.24) is 20.0 Å². The second kappa shape index (κ2) is 7.56. The van der Waals surface area contributed by atoms with E-state index in [1.165, 1.54) is 18.5 Å². The van der Waals surface area contributed by atoms with E-state index in [0.29, 0.717) is 17.1 Å². The first-order chi connectivity index (χ1) is 12.9. The summed E-state index contributed by atoms with van der Waals surface area (Å²) in [5, 5.41) is 14.7. The molecular formula is C18H16N6O3. The van der Waals surface area contributed by atoms with Crippen LogP contribution in [0.5, 0.6) is 0 Å². The number of hydrogen-bond donors (Lipinski definition) is 1. The predicted molar refractivity (Wildman–Crippen MR) is 98.9 cm³/mol. The minimum Gasteiger partial charge on any atom is -0.290 e. The summed E-state index contributed by atoms with van der Waals surface area (Å²) in [6.45, 7) is 3.57. The Morgan fingerprint density at radius 3 is 2.63 bits per heavy atom. The Morgan fingerprint density at radius 1 is 1.22 bits per heavy atom. The number of nitrogens with one attached hydrogen (secondary N) is 1. The van der Waals surface area contributed by atoms with E-state index < -0.39 is 10.8 Å². The average Bonchev–Trinajstić information content (AvgIpc) is 3.16. The van der Waals surface area contributed by atoms with Crippen molar-refractivity contribution in [3.05, 3.63) is 82.1 Å². The van der Waals surface area contributed by atoms with E-state index >= 15 is 0 Å². The fourth-order valence-electron chi connectivity index (χ4n) is 2.32. The van der Waals surface area contributed by atoms with Crippen molar-refractivity contribution < 1.29 is 9.72 Å². The zero-order chi connectivity index (χ0) is 19.4. The molecule has 0 saturated carbocycles. The number of hydrazone groups is 1. The molecule has 0 bridgehead atoms. The highest BCUT2D eigenvalue weighted by atomic mass is 16.6. The number of nitrogens with zero attached hydrogens (tertiary/aromatic N) is 5. The van der Waals surface area contributed by atoms with Gasteiger partial charge in [-0.15, -0.1) is 0 Å². The first kappa shape index (κ1) is 17.9. The fourth-order valence-corrected chi connectivity index (χ4v) is 2.32. The highest BCUT2D eigenvalue weighted by Crippen LogP contribution is 2.12. The van der Waals surface area contributed by atoms with Gasteiger partial charge in [-0.1, -0.05) is 6.07 Å². The van der Waals surface area contributed by atoms with Crippen LogP contribution < -0.4 is 5.43 Å². The van der Waals surface area contributed by atoms with Gasteiger partial charge in [-0.05, 0) is 43.7 Å². The van der Waals surface area contributed by atoms with E-state index in [1.807, 2.05) is 25.1 Å². The number of nitro benzene ring substituents is 1. The number of carbonyl (C=O) groups is 1. The SMILES string of the molecule is C/C(=N/NC(=O)c1cn(-c2cccc(C)n2)cn1)c1ccc([N+](=O)[O-])cc1. The molecular weight excluding hydrogens is 348 g/mol. The van der Waals surface area contributed by atoms with Crippen LogP contribution in [-0.4, -0.2) is 31.1 Å². The smallest absolute Gasteiger partial charge is 0.290 e. The van der Waals surface area contributed by atoms with Crippen LogP contribution in [-0.2, 0) is 0 Å². The zero-order valence-corrected chi connectivity index (χ0v) is 14.7. The van der Waals surface area contributed by atoms with Gasteiger partial charge in [0, 0.05) is 24.0 Å². The van der Waals surface area contributed by atoms with Gasteiger partial charge in [-0.2, -0.15) is 5.10 Å². The Balaban J connectivity index is 1.70. The van der Waals surface area contributed by atoms with E-state index in [2.05, 4.69) is 20.5 Å². The molecule has 136 valence electrons. The van der Waals surface area contributed by atoms with Crippen molar-refractivity contribution in [3.63, 3.8) is 0 Å². The maximum absolute atomic E-state index is 12.2. The van der Waals surface area contributed by atoms with Crippen molar-refractivity contribution in [2.45, 2.75) is 13.8 Å². The standard InChI is InChI=1S/C18H16N6O3/c1-12-4-3-5-17(20-12)23-10-16(19-11-23)18(25)22-21-13(2)14-6-8-15(9-7-14)24(26)27/h3-11H,1-2H3,(H,22,25)/b21-13-. The maximum Gasteiger partial charge on any atom is 0.291 e. The van der Waals surface area contributed by atoms with E-state index in [4.69, 9.17) is 0 Å². The van der Waals surface area contributed by atoms with Gasteiger partial charge in [0.05, 0.1) is 10.6 Å². The molecule has 27 heavy (non-hydrogen) atoms. The molecule has 0 unspecified atom stereocenters. The van der Waals surface area contributed by atoms with Crippen molar-refractivity contribution in [2.75, 3.05) is 0 Å². The number of nitro groups is 1. The molecule has 9 heteroatoms. The minimum absolute atomic E-state index is 0.00844. The third kappa shape index (κ3) is 4.21. The number of aryl methyl sites for hydroxylation is 1. The van der Waals surface area contributed by atoms with Gasteiger partial charge in [0.25, 0.3) is 11.6 Å². The highest BCUT2D eigenvalue weighted by molar-refractivity contribution is 6.00. The number of non-ortho nitro benzene ring substituents is 1. The Bertz CT molecular complexity index is 1020. The Morgan fingerprint density at radius 2 is 1.96 bits per heavy atom. The third-order valence-corrected chi connectivity index (χ3v) is 3.77. The van der Waals surface area contributed by atoms with E-state index in [-0.39, 0.29) is 11.4 Å². The highest BCUT2D eigenvalue weighted by Gasteiger charge is 2.11. The molecule has 9 nitrogen and oxygen atoms in total. The molecule has 1 amide bonds. The normalized spacial score (nSPS) is 11.3. The van der Waals surface area contributed by atoms with Gasteiger partial charge in [0.15, 0.2) is 0 Å². The molecule has 0 saturated heterocycles. The quantitative estimate of drug-likeness (QED) is 0.424. The molecule has 2 aromatic heterocycles. The number of amides is 1. The summed E-state index contributed by atoms with van der Waals surface area (Å²) >= 11 is 0. The van der Waals surface area contributed by atoms with Gasteiger partial charge in [-0.3, -0.25) is 19.5 Å².